The summed E-state index contributed by atoms with van der Waals surface area (Å²) in [7, 11) is 0. The van der Waals surface area contributed by atoms with Crippen LogP contribution in [0, 0.1) is 28.1 Å². The number of aliphatic hydroxyl groups excluding tert-OH is 3. The Morgan fingerprint density at radius 2 is 1.83 bits per heavy atom. The third kappa shape index (κ3) is 2.51. The fraction of sp³-hybridized carbons (Fsp3) is 0.900. The second-order valence-corrected chi connectivity index (χ2v) is 9.49. The minimum atomic E-state index is -0.661. The van der Waals surface area contributed by atoms with E-state index in [-0.39, 0.29) is 29.0 Å². The third-order valence-corrected chi connectivity index (χ3v) is 7.90. The normalized spacial score (nSPS) is 47.3. The number of hydrogen-bond donors (Lipinski definition) is 3. The molecule has 0 aromatic carbocycles. The van der Waals surface area contributed by atoms with Crippen molar-refractivity contribution in [3.63, 3.8) is 0 Å². The van der Waals surface area contributed by atoms with Crippen LogP contribution in [0.5, 0.6) is 0 Å². The molecule has 3 aliphatic rings. The maximum absolute atomic E-state index is 10.5. The fourth-order valence-electron chi connectivity index (χ4n) is 6.21. The average molecular weight is 322 g/mol. The molecule has 23 heavy (non-hydrogen) atoms. The molecule has 132 valence electrons. The van der Waals surface area contributed by atoms with Crippen LogP contribution < -0.4 is 0 Å². The van der Waals surface area contributed by atoms with E-state index in [0.29, 0.717) is 11.8 Å². The summed E-state index contributed by atoms with van der Waals surface area (Å²) in [6.07, 6.45) is 7.70. The number of rotatable bonds is 2. The van der Waals surface area contributed by atoms with Crippen LogP contribution in [0.1, 0.15) is 66.2 Å². The first kappa shape index (κ1) is 17.4. The third-order valence-electron chi connectivity index (χ3n) is 7.90. The maximum atomic E-state index is 10.5. The van der Waals surface area contributed by atoms with Gasteiger partial charge < -0.3 is 15.3 Å². The number of fused-ring (bicyclic) bond motifs is 3. The van der Waals surface area contributed by atoms with Gasteiger partial charge in [0.15, 0.2) is 0 Å². The summed E-state index contributed by atoms with van der Waals surface area (Å²) in [6, 6.07) is 0. The lowest BCUT2D eigenvalue weighted by Gasteiger charge is -2.61. The molecule has 3 N–H and O–H groups in total. The van der Waals surface area contributed by atoms with E-state index in [4.69, 9.17) is 0 Å². The van der Waals surface area contributed by atoms with Crippen molar-refractivity contribution in [2.24, 2.45) is 28.1 Å². The Bertz CT molecular complexity index is 497. The highest BCUT2D eigenvalue weighted by Gasteiger charge is 2.57. The summed E-state index contributed by atoms with van der Waals surface area (Å²) < 4.78 is 0. The zero-order valence-electron chi connectivity index (χ0n) is 15.2. The lowest BCUT2D eigenvalue weighted by atomic mass is 9.45. The summed E-state index contributed by atoms with van der Waals surface area (Å²) in [5, 5.41) is 30.1. The summed E-state index contributed by atoms with van der Waals surface area (Å²) in [5.74, 6) is 1.14. The van der Waals surface area contributed by atoms with Crippen LogP contribution in [0.4, 0.5) is 0 Å². The van der Waals surface area contributed by atoms with Gasteiger partial charge in [-0.05, 0) is 61.2 Å². The van der Waals surface area contributed by atoms with Crippen LogP contribution in [0.25, 0.3) is 0 Å². The first-order valence-corrected chi connectivity index (χ1v) is 9.34. The van der Waals surface area contributed by atoms with E-state index in [1.54, 1.807) is 0 Å². The number of aliphatic hydroxyl groups is 3. The Labute approximate surface area is 140 Å². The molecule has 0 heterocycles. The first-order chi connectivity index (χ1) is 10.6. The minimum absolute atomic E-state index is 0.0100. The van der Waals surface area contributed by atoms with Gasteiger partial charge in [0.05, 0.1) is 18.8 Å². The predicted molar refractivity (Wildman–Crippen MR) is 91.9 cm³/mol. The molecule has 0 aliphatic heterocycles. The van der Waals surface area contributed by atoms with Gasteiger partial charge >= 0.3 is 0 Å². The van der Waals surface area contributed by atoms with Crippen LogP contribution in [-0.4, -0.2) is 34.1 Å². The molecular formula is C20H34O3. The topological polar surface area (TPSA) is 60.7 Å². The van der Waals surface area contributed by atoms with Crippen molar-refractivity contribution in [2.45, 2.75) is 78.4 Å². The molecule has 2 saturated carbocycles. The van der Waals surface area contributed by atoms with Crippen LogP contribution in [0.2, 0.25) is 0 Å². The van der Waals surface area contributed by atoms with Crippen molar-refractivity contribution < 1.29 is 15.3 Å². The fourth-order valence-corrected chi connectivity index (χ4v) is 6.21. The number of allylic oxidation sites excluding steroid dienone is 1. The molecule has 0 radical (unpaired) electrons. The lowest BCUT2D eigenvalue weighted by molar-refractivity contribution is -0.129. The molecule has 3 heteroatoms. The molecule has 3 nitrogen and oxygen atoms in total. The molecule has 0 spiro atoms. The Kier molecular flexibility index (Phi) is 4.23. The van der Waals surface area contributed by atoms with E-state index in [1.807, 2.05) is 0 Å². The Balaban J connectivity index is 1.93. The van der Waals surface area contributed by atoms with Gasteiger partial charge in [-0.1, -0.05) is 39.3 Å². The largest absolute Gasteiger partial charge is 0.394 e. The van der Waals surface area contributed by atoms with Crippen molar-refractivity contribution in [3.05, 3.63) is 11.6 Å². The van der Waals surface area contributed by atoms with E-state index in [0.717, 1.165) is 38.5 Å². The highest BCUT2D eigenvalue weighted by molar-refractivity contribution is 5.25. The van der Waals surface area contributed by atoms with Crippen molar-refractivity contribution in [2.75, 3.05) is 6.61 Å². The molecule has 3 unspecified atom stereocenters. The molecule has 3 aliphatic carbocycles. The van der Waals surface area contributed by atoms with E-state index in [9.17, 15) is 15.3 Å². The second-order valence-electron chi connectivity index (χ2n) is 9.49. The molecule has 6 atom stereocenters. The van der Waals surface area contributed by atoms with E-state index in [1.165, 1.54) is 5.57 Å². The zero-order chi connectivity index (χ0) is 17.0. The molecular weight excluding hydrogens is 288 g/mol. The molecule has 0 bridgehead atoms. The first-order valence-electron chi connectivity index (χ1n) is 9.34. The van der Waals surface area contributed by atoms with Crippen molar-refractivity contribution in [1.29, 1.82) is 0 Å². The van der Waals surface area contributed by atoms with Crippen molar-refractivity contribution in [1.82, 2.24) is 0 Å². The highest BCUT2D eigenvalue weighted by atomic mass is 16.3. The van der Waals surface area contributed by atoms with Crippen LogP contribution in [0.15, 0.2) is 11.6 Å². The minimum Gasteiger partial charge on any atom is -0.394 e. The lowest BCUT2D eigenvalue weighted by Crippen LogP contribution is -2.55. The maximum Gasteiger partial charge on any atom is 0.0858 e. The Morgan fingerprint density at radius 1 is 1.13 bits per heavy atom. The van der Waals surface area contributed by atoms with Crippen molar-refractivity contribution in [3.8, 4) is 0 Å². The standard InChI is InChI=1S/C20H34O3/c1-18(2)15-6-5-13-11-19(3,17(23)12-21)9-7-14(13)20(15,4)10-8-16(18)22/h11,14-17,21-23H,5-10,12H2,1-4H3/t14?,15?,16-,17+,19?,20+/m1/s1. The highest BCUT2D eigenvalue weighted by Crippen LogP contribution is 2.63. The number of hydrogen-bond acceptors (Lipinski definition) is 3. The van der Waals surface area contributed by atoms with E-state index < -0.39 is 6.10 Å². The Morgan fingerprint density at radius 3 is 2.48 bits per heavy atom. The second kappa shape index (κ2) is 5.57. The van der Waals surface area contributed by atoms with Crippen molar-refractivity contribution >= 4 is 0 Å². The van der Waals surface area contributed by atoms with E-state index in [2.05, 4.69) is 33.8 Å². The van der Waals surface area contributed by atoms with Crippen LogP contribution >= 0.6 is 0 Å². The molecule has 2 fully saturated rings. The quantitative estimate of drug-likeness (QED) is 0.684. The van der Waals surface area contributed by atoms with Gasteiger partial charge in [0.1, 0.15) is 0 Å². The van der Waals surface area contributed by atoms with Gasteiger partial charge in [-0.3, -0.25) is 0 Å². The molecule has 0 aromatic heterocycles. The van der Waals surface area contributed by atoms with E-state index >= 15 is 0 Å². The summed E-state index contributed by atoms with van der Waals surface area (Å²) in [5.41, 5.74) is 1.47. The van der Waals surface area contributed by atoms with Gasteiger partial charge in [-0.25, -0.2) is 0 Å². The zero-order valence-corrected chi connectivity index (χ0v) is 15.2. The molecule has 3 rings (SSSR count). The van der Waals surface area contributed by atoms with Gasteiger partial charge in [0, 0.05) is 5.41 Å². The summed E-state index contributed by atoms with van der Waals surface area (Å²) in [4.78, 5) is 0. The molecule has 0 saturated heterocycles. The predicted octanol–water partition coefficient (Wildman–Crippen LogP) is 3.28. The molecule has 0 aromatic rings. The van der Waals surface area contributed by atoms with Gasteiger partial charge in [-0.2, -0.15) is 0 Å². The monoisotopic (exact) mass is 322 g/mol. The van der Waals surface area contributed by atoms with Crippen LogP contribution in [0.3, 0.4) is 0 Å². The summed E-state index contributed by atoms with van der Waals surface area (Å²) >= 11 is 0. The molecule has 0 amide bonds. The van der Waals surface area contributed by atoms with Gasteiger partial charge in [-0.15, -0.1) is 0 Å². The summed E-state index contributed by atoms with van der Waals surface area (Å²) in [6.45, 7) is 8.85. The average Bonchev–Trinajstić information content (AvgIpc) is 2.50. The van der Waals surface area contributed by atoms with Gasteiger partial charge in [0.2, 0.25) is 0 Å². The SMILES string of the molecule is CC1([C@@H](O)CO)C=C2CCC3C(C)(C)[C@H](O)CC[C@@]3(C)C2CC1. The smallest absolute Gasteiger partial charge is 0.0858 e. The Hall–Kier alpha value is -0.380. The van der Waals surface area contributed by atoms with Gasteiger partial charge in [0.25, 0.3) is 0 Å². The van der Waals surface area contributed by atoms with Crippen LogP contribution in [-0.2, 0) is 0 Å².